The van der Waals surface area contributed by atoms with E-state index in [9.17, 15) is 0 Å². The molecule has 0 spiro atoms. The van der Waals surface area contributed by atoms with Crippen LogP contribution < -0.4 is 0 Å². The van der Waals surface area contributed by atoms with Gasteiger partial charge in [-0.1, -0.05) is 0 Å². The molecule has 1 heteroatoms. The molecule has 0 heterocycles. The average Bonchev–Trinajstić information content (AvgIpc) is 2.99. The summed E-state index contributed by atoms with van der Waals surface area (Å²) >= 11 is -2.46. The van der Waals surface area contributed by atoms with Crippen LogP contribution >= 0.6 is 0 Å². The maximum atomic E-state index is 2.51. The van der Waals surface area contributed by atoms with Crippen LogP contribution in [0, 0.1) is 50.5 Å². The molecule has 0 saturated heterocycles. The van der Waals surface area contributed by atoms with Crippen LogP contribution in [0.2, 0.25) is 0 Å². The van der Waals surface area contributed by atoms with Crippen molar-refractivity contribution in [3.63, 3.8) is 0 Å². The Morgan fingerprint density at radius 2 is 0.548 bits per heavy atom. The van der Waals surface area contributed by atoms with Crippen LogP contribution in [0.1, 0.15) is 104 Å². The van der Waals surface area contributed by atoms with Gasteiger partial charge in [0.25, 0.3) is 0 Å². The summed E-state index contributed by atoms with van der Waals surface area (Å²) in [5, 5.41) is 0. The van der Waals surface area contributed by atoms with Gasteiger partial charge in [0.1, 0.15) is 0 Å². The van der Waals surface area contributed by atoms with Gasteiger partial charge in [-0.25, -0.2) is 0 Å². The molecular formula is C30H45Sm. The second-order valence-electron chi connectivity index (χ2n) is 11.8. The van der Waals surface area contributed by atoms with E-state index in [1.807, 2.05) is 3.86 Å². The van der Waals surface area contributed by atoms with E-state index in [-0.39, 0.29) is 16.2 Å². The molecule has 3 rings (SSSR count). The van der Waals surface area contributed by atoms with Gasteiger partial charge in [0.15, 0.2) is 0 Å². The summed E-state index contributed by atoms with van der Waals surface area (Å²) in [4.78, 5) is 0. The van der Waals surface area contributed by atoms with E-state index in [1.165, 1.54) is 0 Å². The van der Waals surface area contributed by atoms with Gasteiger partial charge in [-0.2, -0.15) is 0 Å². The zero-order valence-corrected chi connectivity index (χ0v) is 25.5. The Morgan fingerprint density at radius 1 is 0.355 bits per heavy atom. The monoisotopic (exact) mass is 557 g/mol. The van der Waals surface area contributed by atoms with E-state index in [0.717, 1.165) is 0 Å². The van der Waals surface area contributed by atoms with Crippen LogP contribution in [0.4, 0.5) is 0 Å². The summed E-state index contributed by atoms with van der Waals surface area (Å²) in [5.74, 6) is 0. The van der Waals surface area contributed by atoms with Gasteiger partial charge in [0, 0.05) is 0 Å². The minimum absolute atomic E-state index is 0.156. The second kappa shape index (κ2) is 7.65. The van der Waals surface area contributed by atoms with Crippen LogP contribution in [-0.4, -0.2) is 0 Å². The fraction of sp³-hybridized carbons (Fsp3) is 0.600. The van der Waals surface area contributed by atoms with Crippen molar-refractivity contribution in [2.45, 2.75) is 104 Å². The predicted octanol–water partition coefficient (Wildman–Crippen LogP) is 9.56. The molecule has 0 N–H and O–H groups in total. The van der Waals surface area contributed by atoms with Crippen LogP contribution in [0.25, 0.3) is 0 Å². The molecule has 0 unspecified atom stereocenters. The standard InChI is InChI=1S/3C10H15.Sm/c3*1-7-6-10(4,5)9(3)8(7)2;/h3*1-5H3;. The molecule has 0 saturated carbocycles. The predicted molar refractivity (Wildman–Crippen MR) is 135 cm³/mol. The Balaban J connectivity index is 2.44. The van der Waals surface area contributed by atoms with Gasteiger partial charge >= 0.3 is 208 Å². The van der Waals surface area contributed by atoms with Crippen molar-refractivity contribution in [1.29, 1.82) is 0 Å². The molecule has 0 aromatic rings. The van der Waals surface area contributed by atoms with E-state index in [0.29, 0.717) is 0 Å². The van der Waals surface area contributed by atoms with E-state index >= 15 is 0 Å². The molecule has 0 bridgehead atoms. The zero-order valence-electron chi connectivity index (χ0n) is 22.9. The van der Waals surface area contributed by atoms with Crippen LogP contribution in [0.3, 0.4) is 0 Å². The van der Waals surface area contributed by atoms with Crippen LogP contribution in [0.5, 0.6) is 0 Å². The molecule has 171 valence electrons. The summed E-state index contributed by atoms with van der Waals surface area (Å²) < 4.78 is 5.49. The molecule has 0 aromatic carbocycles. The van der Waals surface area contributed by atoms with E-state index < -0.39 is 34.2 Å². The Bertz CT molecular complexity index is 930. The normalized spacial score (nSPS) is 25.5. The van der Waals surface area contributed by atoms with Gasteiger partial charge in [0.05, 0.1) is 0 Å². The Hall–Kier alpha value is -0.222. The van der Waals surface area contributed by atoms with E-state index in [1.54, 1.807) is 50.2 Å². The third kappa shape index (κ3) is 3.27. The average molecular weight is 556 g/mol. The summed E-state index contributed by atoms with van der Waals surface area (Å²) in [7, 11) is 0. The van der Waals surface area contributed by atoms with Crippen LogP contribution in [0.15, 0.2) is 54.0 Å². The molecule has 0 aromatic heterocycles. The number of hydrogen-bond donors (Lipinski definition) is 0. The first-order chi connectivity index (χ1) is 13.9. The summed E-state index contributed by atoms with van der Waals surface area (Å²) in [6.45, 7) is 36.6. The molecule has 3 aliphatic carbocycles. The molecule has 0 amide bonds. The minimum atomic E-state index is -2.46. The molecule has 0 fully saturated rings. The van der Waals surface area contributed by atoms with Gasteiger partial charge < -0.3 is 0 Å². The Labute approximate surface area is 206 Å². The maximum absolute atomic E-state index is 2.51. The quantitative estimate of drug-likeness (QED) is 0.325. The molecule has 0 radical (unpaired) electrons. The van der Waals surface area contributed by atoms with Gasteiger partial charge in [-0.05, 0) is 0 Å². The molecule has 0 nitrogen and oxygen atoms in total. The molecule has 0 atom stereocenters. The fourth-order valence-electron chi connectivity index (χ4n) is 6.21. The summed E-state index contributed by atoms with van der Waals surface area (Å²) in [6, 6.07) is 0. The first-order valence-corrected chi connectivity index (χ1v) is 15.8. The number of hydrogen-bond acceptors (Lipinski definition) is 0. The first kappa shape index (κ1) is 25.4. The third-order valence-electron chi connectivity index (χ3n) is 9.52. The summed E-state index contributed by atoms with van der Waals surface area (Å²) in [6.07, 6.45) is 0. The molecule has 31 heavy (non-hydrogen) atoms. The topological polar surface area (TPSA) is 0 Å². The van der Waals surface area contributed by atoms with E-state index in [2.05, 4.69) is 104 Å². The molecular weight excluding hydrogens is 511 g/mol. The van der Waals surface area contributed by atoms with Gasteiger partial charge in [-0.15, -0.1) is 0 Å². The third-order valence-corrected chi connectivity index (χ3v) is 21.3. The SMILES string of the molecule is CC1=C(C)C(C)(C)[C]([Sm]([C]2=C(C)C(C)=C(C)C2(C)C)[C]2=C(C)C(C)=C(C)C2(C)C)=C1C. The van der Waals surface area contributed by atoms with Crippen molar-refractivity contribution in [2.24, 2.45) is 16.2 Å². The van der Waals surface area contributed by atoms with Crippen molar-refractivity contribution in [3.8, 4) is 0 Å². The zero-order chi connectivity index (χ0) is 24.0. The number of rotatable bonds is 3. The van der Waals surface area contributed by atoms with Crippen LogP contribution in [-0.2, 0) is 0 Å². The van der Waals surface area contributed by atoms with Crippen molar-refractivity contribution >= 4 is 0 Å². The van der Waals surface area contributed by atoms with Gasteiger partial charge in [-0.3, -0.25) is 0 Å². The molecule has 3 aliphatic rings. The second-order valence-corrected chi connectivity index (χ2v) is 17.7. The van der Waals surface area contributed by atoms with Crippen molar-refractivity contribution < 1.29 is 34.2 Å². The Kier molecular flexibility index (Phi) is 6.27. The van der Waals surface area contributed by atoms with Crippen molar-refractivity contribution in [3.05, 3.63) is 54.0 Å². The Morgan fingerprint density at radius 3 is 0.677 bits per heavy atom. The van der Waals surface area contributed by atoms with Crippen molar-refractivity contribution in [1.82, 2.24) is 0 Å². The van der Waals surface area contributed by atoms with Crippen molar-refractivity contribution in [2.75, 3.05) is 0 Å². The van der Waals surface area contributed by atoms with E-state index in [4.69, 9.17) is 0 Å². The fourth-order valence-corrected chi connectivity index (χ4v) is 19.0. The number of allylic oxidation sites excluding steroid dienone is 12. The summed E-state index contributed by atoms with van der Waals surface area (Å²) in [5.41, 5.74) is 14.7. The van der Waals surface area contributed by atoms with Gasteiger partial charge in [0.2, 0.25) is 0 Å². The first-order valence-electron chi connectivity index (χ1n) is 11.9. The molecule has 0 aliphatic heterocycles.